The molecule has 199 valence electrons. The largest absolute Gasteiger partial charge is 0.298 e. The molecule has 0 spiro atoms. The average Bonchev–Trinajstić information content (AvgIpc) is 3.41. The Bertz CT molecular complexity index is 2690. The zero-order chi connectivity index (χ0) is 33.0. The standard InChI is InChI=1S/C45H9OSi/c1-2-3-4-5-6-7-8-9-10-11-12-13-14-15-16-17-18-19-20-21-22-23-24-25-26-27-28-29-30-33-38-47-44-35-32-31-34-42(44)43-37-36-41(40-46)39-45(43)47/h1,31-32,34-37,39-40H. The molecule has 0 saturated heterocycles. The fourth-order valence-electron chi connectivity index (χ4n) is 3.27. The van der Waals surface area contributed by atoms with Crippen LogP contribution in [-0.4, -0.2) is 15.1 Å². The zero-order valence-corrected chi connectivity index (χ0v) is 25.1. The van der Waals surface area contributed by atoms with E-state index in [-0.39, 0.29) is 0 Å². The minimum atomic E-state index is -1.36. The monoisotopic (exact) mass is 593 g/mol. The van der Waals surface area contributed by atoms with Crippen molar-refractivity contribution >= 4 is 25.5 Å². The molecule has 0 N–H and O–H groups in total. The predicted molar refractivity (Wildman–Crippen MR) is 188 cm³/mol. The van der Waals surface area contributed by atoms with Gasteiger partial charge in [0, 0.05) is 88.4 Å². The van der Waals surface area contributed by atoms with Crippen molar-refractivity contribution in [1.82, 2.24) is 0 Å². The molecule has 1 aliphatic rings. The van der Waals surface area contributed by atoms with Crippen LogP contribution in [0.3, 0.4) is 0 Å². The van der Waals surface area contributed by atoms with Crippen LogP contribution in [0.25, 0.3) is 11.1 Å². The molecule has 0 aliphatic carbocycles. The van der Waals surface area contributed by atoms with E-state index in [2.05, 4.69) is 195 Å². The molecule has 0 aromatic heterocycles. The van der Waals surface area contributed by atoms with Gasteiger partial charge in [0.25, 0.3) is 0 Å². The van der Waals surface area contributed by atoms with Gasteiger partial charge < -0.3 is 0 Å². The first-order valence-electron chi connectivity index (χ1n) is 12.9. The Morgan fingerprint density at radius 3 is 1.19 bits per heavy atom. The lowest BCUT2D eigenvalue weighted by atomic mass is 10.0. The van der Waals surface area contributed by atoms with Crippen molar-refractivity contribution in [1.29, 1.82) is 0 Å². The number of terminal acetylenes is 1. The first kappa shape index (κ1) is 32.8. The first-order chi connectivity index (χ1) is 23.3. The molecule has 1 aliphatic heterocycles. The Balaban J connectivity index is 1.44. The Hall–Kier alpha value is -8.71. The third-order valence-electron chi connectivity index (χ3n) is 4.95. The topological polar surface area (TPSA) is 17.1 Å². The van der Waals surface area contributed by atoms with Crippen LogP contribution in [0.4, 0.5) is 0 Å². The van der Waals surface area contributed by atoms with Gasteiger partial charge in [0.1, 0.15) is 6.29 Å². The van der Waals surface area contributed by atoms with Gasteiger partial charge in [-0.05, 0) is 116 Å². The normalized spacial score (nSPS) is 7.13. The van der Waals surface area contributed by atoms with E-state index in [1.807, 2.05) is 30.3 Å². The lowest BCUT2D eigenvalue weighted by molar-refractivity contribution is 0.112. The van der Waals surface area contributed by atoms with Crippen LogP contribution in [-0.2, 0) is 0 Å². The van der Waals surface area contributed by atoms with Crippen LogP contribution in [0, 0.1) is 190 Å². The van der Waals surface area contributed by atoms with Gasteiger partial charge in [-0.2, -0.15) is 0 Å². The summed E-state index contributed by atoms with van der Waals surface area (Å²) in [6, 6.07) is 13.9. The van der Waals surface area contributed by atoms with Gasteiger partial charge in [0.2, 0.25) is 8.80 Å². The van der Waals surface area contributed by atoms with Gasteiger partial charge in [-0.15, -0.1) is 12.0 Å². The van der Waals surface area contributed by atoms with E-state index in [0.29, 0.717) is 5.56 Å². The molecule has 1 nitrogen and oxygen atoms in total. The van der Waals surface area contributed by atoms with E-state index in [1.54, 1.807) is 0 Å². The molecule has 1 radical (unpaired) electrons. The maximum absolute atomic E-state index is 11.3. The summed E-state index contributed by atoms with van der Waals surface area (Å²) in [7, 11) is -1.36. The molecule has 0 unspecified atom stereocenters. The number of carbonyl (C=O) groups is 1. The van der Waals surface area contributed by atoms with Gasteiger partial charge in [-0.1, -0.05) is 42.5 Å². The summed E-state index contributed by atoms with van der Waals surface area (Å²) in [5.74, 6) is 75.7. The van der Waals surface area contributed by atoms with E-state index in [4.69, 9.17) is 6.42 Å². The average molecular weight is 594 g/mol. The molecule has 0 bridgehead atoms. The summed E-state index contributed by atoms with van der Waals surface area (Å²) in [5.41, 5.74) is 6.21. The second-order valence-corrected chi connectivity index (χ2v) is 9.82. The van der Waals surface area contributed by atoms with Crippen molar-refractivity contribution in [3.05, 3.63) is 48.0 Å². The van der Waals surface area contributed by atoms with Gasteiger partial charge in [-0.25, -0.2) is 0 Å². The first-order valence-corrected chi connectivity index (χ1v) is 14.4. The second kappa shape index (κ2) is 21.1. The van der Waals surface area contributed by atoms with E-state index in [1.165, 1.54) is 5.19 Å². The van der Waals surface area contributed by atoms with Crippen LogP contribution in [0.5, 0.6) is 0 Å². The lowest BCUT2D eigenvalue weighted by Gasteiger charge is -2.02. The van der Waals surface area contributed by atoms with E-state index in [9.17, 15) is 4.79 Å². The molecule has 2 heteroatoms. The quantitative estimate of drug-likeness (QED) is 0.277. The van der Waals surface area contributed by atoms with Gasteiger partial charge >= 0.3 is 0 Å². The van der Waals surface area contributed by atoms with E-state index < -0.39 is 8.80 Å². The van der Waals surface area contributed by atoms with Crippen LogP contribution < -0.4 is 10.4 Å². The highest BCUT2D eigenvalue weighted by Gasteiger charge is 2.29. The number of aldehydes is 1. The van der Waals surface area contributed by atoms with Crippen LogP contribution in [0.15, 0.2) is 42.5 Å². The number of fused-ring (bicyclic) bond motifs is 3. The molecule has 2 aromatic carbocycles. The van der Waals surface area contributed by atoms with Gasteiger partial charge in [0.15, 0.2) is 0 Å². The molecule has 0 fully saturated rings. The van der Waals surface area contributed by atoms with Crippen molar-refractivity contribution in [2.45, 2.75) is 0 Å². The molecular weight excluding hydrogens is 585 g/mol. The molecule has 0 saturated carbocycles. The second-order valence-electron chi connectivity index (χ2n) is 7.74. The molecular formula is C45H9OSi. The third-order valence-corrected chi connectivity index (χ3v) is 7.25. The summed E-state index contributed by atoms with van der Waals surface area (Å²) in [6.07, 6.45) is 5.79. The summed E-state index contributed by atoms with van der Waals surface area (Å²) in [6.45, 7) is 0. The minimum absolute atomic E-state index is 0.638. The summed E-state index contributed by atoms with van der Waals surface area (Å²) >= 11 is 0. The number of hydrogen-bond acceptors (Lipinski definition) is 1. The highest BCUT2D eigenvalue weighted by atomic mass is 28.3. The summed E-state index contributed by atoms with van der Waals surface area (Å²) in [5, 5.41) is 2.30. The number of benzene rings is 2. The number of hydrogen-bond donors (Lipinski definition) is 0. The Labute approximate surface area is 278 Å². The summed E-state index contributed by atoms with van der Waals surface area (Å²) in [4.78, 5) is 11.3. The van der Waals surface area contributed by atoms with Crippen LogP contribution in [0.1, 0.15) is 10.4 Å². The molecule has 1 heterocycles. The summed E-state index contributed by atoms with van der Waals surface area (Å²) < 4.78 is 0. The smallest absolute Gasteiger partial charge is 0.215 e. The fourth-order valence-corrected chi connectivity index (χ4v) is 5.56. The predicted octanol–water partition coefficient (Wildman–Crippen LogP) is 1.31. The molecule has 2 aromatic rings. The Morgan fingerprint density at radius 2 is 0.787 bits per heavy atom. The van der Waals surface area contributed by atoms with Crippen molar-refractivity contribution < 1.29 is 4.79 Å². The molecule has 3 rings (SSSR count). The highest BCUT2D eigenvalue weighted by molar-refractivity contribution is 6.95. The Kier molecular flexibility index (Phi) is 14.7. The lowest BCUT2D eigenvalue weighted by Crippen LogP contribution is -2.36. The van der Waals surface area contributed by atoms with Crippen molar-refractivity contribution in [2.75, 3.05) is 0 Å². The fraction of sp³-hybridized carbons (Fsp3) is 0. The van der Waals surface area contributed by atoms with E-state index in [0.717, 1.165) is 22.6 Å². The third kappa shape index (κ3) is 12.4. The van der Waals surface area contributed by atoms with Gasteiger partial charge in [-0.3, -0.25) is 4.79 Å². The molecule has 47 heavy (non-hydrogen) atoms. The van der Waals surface area contributed by atoms with Crippen molar-refractivity contribution in [3.8, 4) is 201 Å². The maximum atomic E-state index is 11.3. The molecule has 0 amide bonds. The van der Waals surface area contributed by atoms with Gasteiger partial charge in [0.05, 0.1) is 0 Å². The highest BCUT2D eigenvalue weighted by Crippen LogP contribution is 2.22. The number of carbonyl (C=O) groups excluding carboxylic acids is 1. The van der Waals surface area contributed by atoms with Crippen LogP contribution in [0.2, 0.25) is 0 Å². The SMILES string of the molecule is C#CC#CC#CC#CC#CC#CC#CC#CC#CC#CC#CC#CC#CC#CC#CC#C[Si]1c2ccccc2-c2ccc(C=O)cc21. The number of rotatable bonds is 1. The maximum Gasteiger partial charge on any atom is 0.215 e. The van der Waals surface area contributed by atoms with Crippen LogP contribution >= 0.6 is 0 Å². The zero-order valence-electron chi connectivity index (χ0n) is 24.1. The van der Waals surface area contributed by atoms with E-state index >= 15 is 0 Å². The minimum Gasteiger partial charge on any atom is -0.298 e. The van der Waals surface area contributed by atoms with Crippen molar-refractivity contribution in [3.63, 3.8) is 0 Å². The van der Waals surface area contributed by atoms with Crippen molar-refractivity contribution in [2.24, 2.45) is 0 Å². The molecule has 0 atom stereocenters. The Morgan fingerprint density at radius 1 is 0.426 bits per heavy atom.